The molecule has 2 atom stereocenters. The second-order valence-corrected chi connectivity index (χ2v) is 7.33. The van der Waals surface area contributed by atoms with Gasteiger partial charge in [-0.3, -0.25) is 4.79 Å². The number of hydrogen-bond acceptors (Lipinski definition) is 4. The third-order valence-electron chi connectivity index (χ3n) is 3.28. The molecule has 0 saturated heterocycles. The number of furan rings is 1. The Morgan fingerprint density at radius 1 is 1.50 bits per heavy atom. The van der Waals surface area contributed by atoms with Gasteiger partial charge in [-0.15, -0.1) is 11.3 Å². The predicted molar refractivity (Wildman–Crippen MR) is 82.3 cm³/mol. The van der Waals surface area contributed by atoms with Gasteiger partial charge in [0.2, 0.25) is 0 Å². The lowest BCUT2D eigenvalue weighted by Crippen LogP contribution is -2.15. The second-order valence-electron chi connectivity index (χ2n) is 4.86. The number of hydrogen-bond donors (Lipinski definition) is 1. The maximum atomic E-state index is 11.7. The molecule has 0 spiro atoms. The molecule has 20 heavy (non-hydrogen) atoms. The third kappa shape index (κ3) is 3.02. The average Bonchev–Trinajstić information content (AvgIpc) is 2.82. The summed E-state index contributed by atoms with van der Waals surface area (Å²) in [5.41, 5.74) is 2.48. The molecule has 1 fully saturated rings. The Morgan fingerprint density at radius 3 is 2.95 bits per heavy atom. The summed E-state index contributed by atoms with van der Waals surface area (Å²) in [7, 11) is 0. The van der Waals surface area contributed by atoms with Crippen LogP contribution in [-0.2, 0) is 0 Å². The number of carbonyl (C=O) groups is 1. The zero-order valence-corrected chi connectivity index (χ0v) is 13.2. The Labute approximate surface area is 129 Å². The van der Waals surface area contributed by atoms with E-state index in [1.165, 1.54) is 24.0 Å². The van der Waals surface area contributed by atoms with E-state index in [1.54, 1.807) is 6.07 Å². The van der Waals surface area contributed by atoms with E-state index in [0.717, 1.165) is 9.55 Å². The number of nitrogens with one attached hydrogen (secondary N) is 1. The van der Waals surface area contributed by atoms with Crippen LogP contribution >= 0.6 is 27.3 Å². The van der Waals surface area contributed by atoms with Gasteiger partial charge in [-0.1, -0.05) is 6.92 Å². The fourth-order valence-electron chi connectivity index (χ4n) is 2.00. The highest BCUT2D eigenvalue weighted by Gasteiger charge is 2.36. The van der Waals surface area contributed by atoms with Crippen LogP contribution in [0.5, 0.6) is 0 Å². The summed E-state index contributed by atoms with van der Waals surface area (Å²) in [6, 6.07) is 7.43. The van der Waals surface area contributed by atoms with E-state index >= 15 is 0 Å². The van der Waals surface area contributed by atoms with E-state index in [4.69, 9.17) is 4.42 Å². The molecule has 3 rings (SSSR count). The maximum Gasteiger partial charge on any atom is 0.281 e. The smallest absolute Gasteiger partial charge is 0.281 e. The molecule has 1 N–H and O–H groups in total. The molecule has 6 heteroatoms. The zero-order valence-electron chi connectivity index (χ0n) is 10.8. The molecular formula is C14H13BrN2O2S. The summed E-state index contributed by atoms with van der Waals surface area (Å²) in [6.45, 7) is 2.21. The van der Waals surface area contributed by atoms with Gasteiger partial charge in [-0.05, 0) is 52.5 Å². The Balaban J connectivity index is 1.57. The molecule has 1 saturated carbocycles. The average molecular weight is 353 g/mol. The third-order valence-corrected chi connectivity index (χ3v) is 4.90. The molecule has 0 aromatic carbocycles. The van der Waals surface area contributed by atoms with Crippen molar-refractivity contribution in [3.8, 4) is 0 Å². The van der Waals surface area contributed by atoms with Crippen molar-refractivity contribution in [3.05, 3.63) is 44.4 Å². The van der Waals surface area contributed by atoms with E-state index in [2.05, 4.69) is 33.4 Å². The highest BCUT2D eigenvalue weighted by Crippen LogP contribution is 2.47. The lowest BCUT2D eigenvalue weighted by atomic mass is 10.3. The van der Waals surface area contributed by atoms with Crippen LogP contribution in [0.3, 0.4) is 0 Å². The molecule has 2 aromatic heterocycles. The van der Waals surface area contributed by atoms with Gasteiger partial charge in [0.05, 0.1) is 14.9 Å². The van der Waals surface area contributed by atoms with Crippen molar-refractivity contribution >= 4 is 39.4 Å². The molecule has 1 amide bonds. The summed E-state index contributed by atoms with van der Waals surface area (Å²) in [5, 5.41) is 3.91. The second kappa shape index (κ2) is 5.54. The number of hydrazone groups is 1. The Morgan fingerprint density at radius 2 is 2.30 bits per heavy atom. The van der Waals surface area contributed by atoms with Gasteiger partial charge >= 0.3 is 0 Å². The molecule has 0 radical (unpaired) electrons. The Hall–Kier alpha value is -1.40. The lowest BCUT2D eigenvalue weighted by Gasteiger charge is -1.94. The number of amides is 1. The maximum absolute atomic E-state index is 11.7. The highest BCUT2D eigenvalue weighted by molar-refractivity contribution is 9.11. The van der Waals surface area contributed by atoms with Crippen LogP contribution < -0.4 is 5.43 Å². The molecule has 0 aliphatic heterocycles. The molecule has 0 bridgehead atoms. The Kier molecular flexibility index (Phi) is 3.76. The van der Waals surface area contributed by atoms with Crippen molar-refractivity contribution < 1.29 is 9.21 Å². The molecule has 1 aliphatic rings. The first kappa shape index (κ1) is 13.6. The molecule has 2 aromatic rings. The first-order chi connectivity index (χ1) is 9.63. The van der Waals surface area contributed by atoms with E-state index < -0.39 is 0 Å². The number of carbonyl (C=O) groups excluding carboxylic acids is 1. The molecule has 104 valence electrons. The molecule has 4 nitrogen and oxygen atoms in total. The quantitative estimate of drug-likeness (QED) is 0.667. The van der Waals surface area contributed by atoms with Crippen LogP contribution in [0.15, 0.2) is 37.6 Å². The molecule has 2 heterocycles. The van der Waals surface area contributed by atoms with Gasteiger partial charge in [0, 0.05) is 5.92 Å². The molecular weight excluding hydrogens is 340 g/mol. The summed E-state index contributed by atoms with van der Waals surface area (Å²) in [5.74, 6) is 2.71. The minimum absolute atomic E-state index is 0.223. The van der Waals surface area contributed by atoms with Crippen LogP contribution in [0.2, 0.25) is 0 Å². The largest absolute Gasteiger partial charge is 0.460 e. The van der Waals surface area contributed by atoms with Gasteiger partial charge in [-0.2, -0.15) is 5.10 Å². The van der Waals surface area contributed by atoms with Crippen LogP contribution in [-0.4, -0.2) is 12.1 Å². The Bertz CT molecular complexity index is 662. The van der Waals surface area contributed by atoms with Crippen LogP contribution in [0.1, 0.15) is 40.5 Å². The topological polar surface area (TPSA) is 54.6 Å². The first-order valence-corrected chi connectivity index (χ1v) is 7.93. The van der Waals surface area contributed by atoms with Gasteiger partial charge in [0.25, 0.3) is 5.91 Å². The van der Waals surface area contributed by atoms with Crippen LogP contribution in [0.25, 0.3) is 0 Å². The predicted octanol–water partition coefficient (Wildman–Crippen LogP) is 3.99. The van der Waals surface area contributed by atoms with Crippen LogP contribution in [0.4, 0.5) is 0 Å². The van der Waals surface area contributed by atoms with Gasteiger partial charge in [0.1, 0.15) is 11.5 Å². The van der Waals surface area contributed by atoms with E-state index in [9.17, 15) is 4.79 Å². The van der Waals surface area contributed by atoms with E-state index in [0.29, 0.717) is 22.5 Å². The highest BCUT2D eigenvalue weighted by atomic mass is 79.9. The van der Waals surface area contributed by atoms with Crippen molar-refractivity contribution in [2.75, 3.05) is 0 Å². The zero-order chi connectivity index (χ0) is 14.1. The molecule has 0 unspecified atom stereocenters. The number of thiophene rings is 1. The van der Waals surface area contributed by atoms with Crippen molar-refractivity contribution in [2.45, 2.75) is 19.3 Å². The van der Waals surface area contributed by atoms with Gasteiger partial charge in [0.15, 0.2) is 0 Å². The number of halogens is 1. The first-order valence-electron chi connectivity index (χ1n) is 6.32. The van der Waals surface area contributed by atoms with Crippen molar-refractivity contribution in [3.63, 3.8) is 0 Å². The van der Waals surface area contributed by atoms with Crippen molar-refractivity contribution in [1.82, 2.24) is 5.43 Å². The van der Waals surface area contributed by atoms with Crippen molar-refractivity contribution in [2.24, 2.45) is 11.0 Å². The monoisotopic (exact) mass is 352 g/mol. The normalized spacial score (nSPS) is 21.3. The summed E-state index contributed by atoms with van der Waals surface area (Å²) in [4.78, 5) is 12.4. The standard InChI is InChI=1S/C14H13BrN2O2S/c1-8-6-10(8)11-3-2-9(19-11)7-16-17-14(18)12-4-5-13(15)20-12/h2-5,7-8,10H,6H2,1H3,(H,17,18)/b16-7-/t8-,10-/m0/s1. The van der Waals surface area contributed by atoms with Gasteiger partial charge in [-0.25, -0.2) is 5.43 Å². The number of nitrogens with zero attached hydrogens (tertiary/aromatic N) is 1. The molecule has 1 aliphatic carbocycles. The van der Waals surface area contributed by atoms with Gasteiger partial charge < -0.3 is 4.42 Å². The number of rotatable bonds is 4. The van der Waals surface area contributed by atoms with Crippen LogP contribution in [0, 0.1) is 5.92 Å². The minimum Gasteiger partial charge on any atom is -0.460 e. The SMILES string of the molecule is C[C@H]1C[C@@H]1c1ccc(/C=N\NC(=O)c2ccc(Br)s2)o1. The van der Waals surface area contributed by atoms with E-state index in [-0.39, 0.29) is 5.91 Å². The summed E-state index contributed by atoms with van der Waals surface area (Å²) < 4.78 is 6.58. The summed E-state index contributed by atoms with van der Waals surface area (Å²) >= 11 is 4.68. The minimum atomic E-state index is -0.223. The van der Waals surface area contributed by atoms with E-state index in [1.807, 2.05) is 18.2 Å². The lowest BCUT2D eigenvalue weighted by molar-refractivity contribution is 0.0959. The summed E-state index contributed by atoms with van der Waals surface area (Å²) in [6.07, 6.45) is 2.71. The van der Waals surface area contributed by atoms with Crippen molar-refractivity contribution in [1.29, 1.82) is 0 Å². The fourth-order valence-corrected chi connectivity index (χ4v) is 3.28. The fraction of sp³-hybridized carbons (Fsp3) is 0.286.